The summed E-state index contributed by atoms with van der Waals surface area (Å²) in [5, 5.41) is 2.79. The van der Waals surface area contributed by atoms with Gasteiger partial charge in [0, 0.05) is 49.5 Å². The lowest BCUT2D eigenvalue weighted by Crippen LogP contribution is -2.34. The molecule has 2 aliphatic rings. The molecule has 1 spiro atoms. The molecular formula is C18H18N2O4. The predicted molar refractivity (Wildman–Crippen MR) is 88.5 cm³/mol. The highest BCUT2D eigenvalue weighted by Gasteiger charge is 2.44. The van der Waals surface area contributed by atoms with Crippen molar-refractivity contribution in [3.05, 3.63) is 52.4 Å². The van der Waals surface area contributed by atoms with Gasteiger partial charge in [0.25, 0.3) is 17.3 Å². The fourth-order valence-electron chi connectivity index (χ4n) is 3.18. The van der Waals surface area contributed by atoms with Crippen LogP contribution in [0.2, 0.25) is 0 Å². The molecule has 1 N–H and O–H groups in total. The molecule has 1 amide bonds. The van der Waals surface area contributed by atoms with E-state index in [0.717, 1.165) is 25.7 Å². The zero-order chi connectivity index (χ0) is 16.7. The predicted octanol–water partition coefficient (Wildman–Crippen LogP) is 2.68. The van der Waals surface area contributed by atoms with Crippen LogP contribution in [0.15, 0.2) is 41.3 Å². The number of fused-ring (bicyclic) bond motifs is 1. The van der Waals surface area contributed by atoms with Gasteiger partial charge in [-0.05, 0) is 31.0 Å². The monoisotopic (exact) mass is 326 g/mol. The van der Waals surface area contributed by atoms with E-state index in [-0.39, 0.29) is 11.5 Å². The molecule has 1 aromatic carbocycles. The molecule has 0 saturated heterocycles. The summed E-state index contributed by atoms with van der Waals surface area (Å²) in [5.41, 5.74) is 0.706. The molecule has 0 unspecified atom stereocenters. The van der Waals surface area contributed by atoms with Crippen molar-refractivity contribution >= 4 is 11.6 Å². The number of carbonyl (C=O) groups excluding carboxylic acids is 1. The lowest BCUT2D eigenvalue weighted by molar-refractivity contribution is -0.0716. The number of nitrogens with zero attached hydrogens (tertiary/aromatic N) is 1. The first-order valence-electron chi connectivity index (χ1n) is 8.05. The van der Waals surface area contributed by atoms with Crippen LogP contribution >= 0.6 is 0 Å². The number of nitrogens with one attached hydrogen (secondary N) is 1. The van der Waals surface area contributed by atoms with Crippen molar-refractivity contribution in [1.29, 1.82) is 0 Å². The van der Waals surface area contributed by atoms with E-state index in [4.69, 9.17) is 9.47 Å². The van der Waals surface area contributed by atoms with Crippen molar-refractivity contribution in [3.8, 4) is 11.5 Å². The van der Waals surface area contributed by atoms with Gasteiger partial charge in [-0.2, -0.15) is 0 Å². The third-order valence-corrected chi connectivity index (χ3v) is 4.53. The van der Waals surface area contributed by atoms with Crippen LogP contribution in [0.4, 0.5) is 5.69 Å². The minimum absolute atomic E-state index is 0.225. The van der Waals surface area contributed by atoms with Gasteiger partial charge in [-0.3, -0.25) is 9.59 Å². The number of aryl methyl sites for hydroxylation is 1. The Bertz CT molecular complexity index is 866. The molecule has 1 saturated carbocycles. The maximum Gasteiger partial charge on any atom is 0.255 e. The van der Waals surface area contributed by atoms with Crippen molar-refractivity contribution in [2.45, 2.75) is 31.5 Å². The van der Waals surface area contributed by atoms with Crippen LogP contribution in [0.25, 0.3) is 0 Å². The highest BCUT2D eigenvalue weighted by molar-refractivity contribution is 6.04. The smallest absolute Gasteiger partial charge is 0.255 e. The minimum atomic E-state index is -0.517. The van der Waals surface area contributed by atoms with Gasteiger partial charge < -0.3 is 19.4 Å². The number of ether oxygens (including phenoxy) is 2. The summed E-state index contributed by atoms with van der Waals surface area (Å²) in [6, 6.07) is 8.27. The van der Waals surface area contributed by atoms with Gasteiger partial charge in [0.2, 0.25) is 0 Å². The van der Waals surface area contributed by atoms with Crippen molar-refractivity contribution < 1.29 is 14.3 Å². The molecule has 1 fully saturated rings. The Kier molecular flexibility index (Phi) is 3.33. The molecule has 0 bridgehead atoms. The fourth-order valence-corrected chi connectivity index (χ4v) is 3.18. The molecule has 0 radical (unpaired) electrons. The Hall–Kier alpha value is -2.76. The molecule has 4 rings (SSSR count). The molecule has 6 nitrogen and oxygen atoms in total. The first-order chi connectivity index (χ1) is 11.5. The van der Waals surface area contributed by atoms with E-state index < -0.39 is 5.79 Å². The third kappa shape index (κ3) is 2.54. The Labute approximate surface area is 139 Å². The second kappa shape index (κ2) is 5.40. The van der Waals surface area contributed by atoms with Crippen molar-refractivity contribution in [3.63, 3.8) is 0 Å². The van der Waals surface area contributed by atoms with Gasteiger partial charge in [0.1, 0.15) is 0 Å². The number of hydrogen-bond donors (Lipinski definition) is 1. The molecule has 0 atom stereocenters. The molecule has 1 aliphatic carbocycles. The summed E-state index contributed by atoms with van der Waals surface area (Å²) in [6.07, 6.45) is 5.54. The molecule has 124 valence electrons. The average molecular weight is 326 g/mol. The van der Waals surface area contributed by atoms with E-state index in [0.29, 0.717) is 22.7 Å². The number of amides is 1. The van der Waals surface area contributed by atoms with Gasteiger partial charge in [-0.25, -0.2) is 0 Å². The van der Waals surface area contributed by atoms with Gasteiger partial charge in [0.05, 0.1) is 0 Å². The maximum atomic E-state index is 12.3. The van der Waals surface area contributed by atoms with Crippen LogP contribution in [-0.2, 0) is 7.05 Å². The normalized spacial score (nSPS) is 17.2. The summed E-state index contributed by atoms with van der Waals surface area (Å²) in [4.78, 5) is 23.9. The number of hydrogen-bond acceptors (Lipinski definition) is 4. The molecular weight excluding hydrogens is 308 g/mol. The zero-order valence-corrected chi connectivity index (χ0v) is 13.4. The lowest BCUT2D eigenvalue weighted by atomic mass is 10.2. The van der Waals surface area contributed by atoms with E-state index in [1.54, 1.807) is 31.4 Å². The zero-order valence-electron chi connectivity index (χ0n) is 13.4. The number of carbonyl (C=O) groups is 1. The van der Waals surface area contributed by atoms with Crippen molar-refractivity contribution in [2.75, 3.05) is 5.32 Å². The molecule has 1 aromatic heterocycles. The topological polar surface area (TPSA) is 69.6 Å². The van der Waals surface area contributed by atoms with Crippen LogP contribution < -0.4 is 20.3 Å². The number of benzene rings is 1. The van der Waals surface area contributed by atoms with Crippen molar-refractivity contribution in [1.82, 2.24) is 4.57 Å². The summed E-state index contributed by atoms with van der Waals surface area (Å²) >= 11 is 0. The van der Waals surface area contributed by atoms with Crippen LogP contribution in [-0.4, -0.2) is 16.3 Å². The second-order valence-corrected chi connectivity index (χ2v) is 6.30. The number of anilines is 1. The van der Waals surface area contributed by atoms with E-state index in [1.807, 2.05) is 6.07 Å². The number of pyridine rings is 1. The van der Waals surface area contributed by atoms with Gasteiger partial charge in [-0.15, -0.1) is 0 Å². The SMILES string of the molecule is Cn1ccc(C(=O)Nc2ccc3c(c2)OC2(CCCC2)O3)cc1=O. The summed E-state index contributed by atoms with van der Waals surface area (Å²) in [5.74, 6) is 0.515. The number of aromatic nitrogens is 1. The van der Waals surface area contributed by atoms with Gasteiger partial charge in [0.15, 0.2) is 11.5 Å². The first-order valence-corrected chi connectivity index (χ1v) is 8.05. The van der Waals surface area contributed by atoms with Crippen LogP contribution in [0.5, 0.6) is 11.5 Å². The maximum absolute atomic E-state index is 12.3. The van der Waals surface area contributed by atoms with E-state index in [1.165, 1.54) is 10.6 Å². The lowest BCUT2D eigenvalue weighted by Gasteiger charge is -2.21. The van der Waals surface area contributed by atoms with E-state index in [2.05, 4.69) is 5.32 Å². The average Bonchev–Trinajstić information content (AvgIpc) is 3.15. The summed E-state index contributed by atoms with van der Waals surface area (Å²) < 4.78 is 13.4. The van der Waals surface area contributed by atoms with E-state index >= 15 is 0 Å². The fraction of sp³-hybridized carbons (Fsp3) is 0.333. The molecule has 2 heterocycles. The standard InChI is InChI=1S/C18H18N2O4/c1-20-9-6-12(10-16(20)21)17(22)19-13-4-5-14-15(11-13)24-18(23-14)7-2-3-8-18/h4-6,9-11H,2-3,7-8H2,1H3,(H,19,22). The summed E-state index contributed by atoms with van der Waals surface area (Å²) in [6.45, 7) is 0. The first kappa shape index (κ1) is 14.8. The van der Waals surface area contributed by atoms with Crippen LogP contribution in [0.1, 0.15) is 36.0 Å². The molecule has 24 heavy (non-hydrogen) atoms. The third-order valence-electron chi connectivity index (χ3n) is 4.53. The highest BCUT2D eigenvalue weighted by Crippen LogP contribution is 2.47. The minimum Gasteiger partial charge on any atom is -0.448 e. The van der Waals surface area contributed by atoms with Gasteiger partial charge >= 0.3 is 0 Å². The van der Waals surface area contributed by atoms with Crippen LogP contribution in [0.3, 0.4) is 0 Å². The second-order valence-electron chi connectivity index (χ2n) is 6.30. The largest absolute Gasteiger partial charge is 0.448 e. The number of rotatable bonds is 2. The Balaban J connectivity index is 1.53. The summed E-state index contributed by atoms with van der Waals surface area (Å²) in [7, 11) is 1.64. The highest BCUT2D eigenvalue weighted by atomic mass is 16.7. The molecule has 2 aromatic rings. The Morgan fingerprint density at radius 3 is 2.62 bits per heavy atom. The van der Waals surface area contributed by atoms with E-state index in [9.17, 15) is 9.59 Å². The molecule has 6 heteroatoms. The Morgan fingerprint density at radius 1 is 1.12 bits per heavy atom. The van der Waals surface area contributed by atoms with Gasteiger partial charge in [-0.1, -0.05) is 0 Å². The quantitative estimate of drug-likeness (QED) is 0.921. The van der Waals surface area contributed by atoms with Crippen molar-refractivity contribution in [2.24, 2.45) is 7.05 Å². The Morgan fingerprint density at radius 2 is 1.88 bits per heavy atom. The molecule has 1 aliphatic heterocycles. The van der Waals surface area contributed by atoms with Crippen LogP contribution in [0, 0.1) is 0 Å².